The molecular weight excluding hydrogens is 323 g/mol. The van der Waals surface area contributed by atoms with Gasteiger partial charge >= 0.3 is 13.3 Å². The summed E-state index contributed by atoms with van der Waals surface area (Å²) >= 11 is 0. The number of benzene rings is 1. The Hall–Kier alpha value is -1.34. The Morgan fingerprint density at radius 2 is 1.71 bits per heavy atom. The van der Waals surface area contributed by atoms with Crippen molar-refractivity contribution in [3.63, 3.8) is 0 Å². The summed E-state index contributed by atoms with van der Waals surface area (Å²) in [5, 5.41) is 0. The number of hydrogen-bond acceptors (Lipinski definition) is 2. The highest BCUT2D eigenvalue weighted by Gasteiger charge is 2.50. The van der Waals surface area contributed by atoms with Crippen molar-refractivity contribution >= 4 is 13.2 Å². The van der Waals surface area contributed by atoms with E-state index in [2.05, 4.69) is 0 Å². The molecule has 0 amide bonds. The third kappa shape index (κ3) is 4.39. The van der Waals surface area contributed by atoms with Gasteiger partial charge in [-0.25, -0.2) is 4.39 Å². The molecule has 2 rings (SSSR count). The lowest BCUT2D eigenvalue weighted by Crippen LogP contribution is -2.41. The van der Waals surface area contributed by atoms with E-state index >= 15 is 0 Å². The first-order valence-electron chi connectivity index (χ1n) is 7.80. The van der Waals surface area contributed by atoms with Gasteiger partial charge in [0, 0.05) is 0 Å². The van der Waals surface area contributed by atoms with E-state index in [0.29, 0.717) is 6.32 Å². The fourth-order valence-corrected chi connectivity index (χ4v) is 2.40. The molecule has 1 fully saturated rings. The number of rotatable bonds is 4. The minimum Gasteiger partial charge on any atom is -0.403 e. The standard InChI is InChI=1S/C17H21BF4O2/c1-15(2)16(3,4)24-18(23-15)9-8-14(19)11-12-6-5-7-13(10-12)17(20,21)22/h5-7,10-11H,8-9H2,1-4H3/b14-11-. The van der Waals surface area contributed by atoms with E-state index in [1.165, 1.54) is 12.1 Å². The van der Waals surface area contributed by atoms with Crippen molar-refractivity contribution < 1.29 is 26.9 Å². The molecule has 1 aliphatic heterocycles. The summed E-state index contributed by atoms with van der Waals surface area (Å²) in [6, 6.07) is 4.58. The molecule has 0 aromatic heterocycles. The Kier molecular flexibility index (Phi) is 5.16. The summed E-state index contributed by atoms with van der Waals surface area (Å²) < 4.78 is 63.5. The molecule has 132 valence electrons. The van der Waals surface area contributed by atoms with Crippen LogP contribution >= 0.6 is 0 Å². The van der Waals surface area contributed by atoms with Crippen molar-refractivity contribution in [3.8, 4) is 0 Å². The molecule has 0 radical (unpaired) electrons. The van der Waals surface area contributed by atoms with Gasteiger partial charge in [-0.15, -0.1) is 0 Å². The lowest BCUT2D eigenvalue weighted by molar-refractivity contribution is -0.137. The van der Waals surface area contributed by atoms with Crippen LogP contribution in [-0.2, 0) is 15.5 Å². The van der Waals surface area contributed by atoms with Crippen molar-refractivity contribution in [3.05, 3.63) is 41.2 Å². The van der Waals surface area contributed by atoms with Crippen LogP contribution in [0.25, 0.3) is 6.08 Å². The van der Waals surface area contributed by atoms with Crippen LogP contribution in [0.3, 0.4) is 0 Å². The normalized spacial score (nSPS) is 20.5. The highest BCUT2D eigenvalue weighted by atomic mass is 19.4. The number of hydrogen-bond donors (Lipinski definition) is 0. The summed E-state index contributed by atoms with van der Waals surface area (Å²) in [5.41, 5.74) is -1.59. The first-order valence-corrected chi connectivity index (χ1v) is 7.80. The molecule has 24 heavy (non-hydrogen) atoms. The summed E-state index contributed by atoms with van der Waals surface area (Å²) in [4.78, 5) is 0. The van der Waals surface area contributed by atoms with Gasteiger partial charge in [-0.2, -0.15) is 13.2 Å². The lowest BCUT2D eigenvalue weighted by Gasteiger charge is -2.32. The van der Waals surface area contributed by atoms with Crippen LogP contribution in [0.1, 0.15) is 45.2 Å². The zero-order chi connectivity index (χ0) is 18.2. The molecule has 1 saturated heterocycles. The Balaban J connectivity index is 1.99. The van der Waals surface area contributed by atoms with Crippen LogP contribution in [0.15, 0.2) is 30.1 Å². The van der Waals surface area contributed by atoms with Gasteiger partial charge in [-0.3, -0.25) is 0 Å². The van der Waals surface area contributed by atoms with Crippen LogP contribution in [0.5, 0.6) is 0 Å². The SMILES string of the molecule is CC1(C)OB(CC/C(F)=C/c2cccc(C(F)(F)F)c2)OC1(C)C. The highest BCUT2D eigenvalue weighted by molar-refractivity contribution is 6.45. The van der Waals surface area contributed by atoms with Gasteiger partial charge in [-0.1, -0.05) is 12.1 Å². The van der Waals surface area contributed by atoms with Gasteiger partial charge in [0.1, 0.15) is 5.83 Å². The largest absolute Gasteiger partial charge is 0.458 e. The van der Waals surface area contributed by atoms with Crippen molar-refractivity contribution in [2.24, 2.45) is 0 Å². The van der Waals surface area contributed by atoms with E-state index in [-0.39, 0.29) is 12.0 Å². The molecule has 0 bridgehead atoms. The molecule has 1 aromatic carbocycles. The van der Waals surface area contributed by atoms with E-state index in [9.17, 15) is 17.6 Å². The molecule has 2 nitrogen and oxygen atoms in total. The van der Waals surface area contributed by atoms with Gasteiger partial charge in [0.15, 0.2) is 0 Å². The number of allylic oxidation sites excluding steroid dienone is 1. The maximum absolute atomic E-state index is 14.0. The van der Waals surface area contributed by atoms with Gasteiger partial charge in [0.25, 0.3) is 0 Å². The smallest absolute Gasteiger partial charge is 0.403 e. The summed E-state index contributed by atoms with van der Waals surface area (Å²) in [7, 11) is -0.532. The molecule has 0 spiro atoms. The van der Waals surface area contributed by atoms with Crippen LogP contribution in [0, 0.1) is 0 Å². The van der Waals surface area contributed by atoms with E-state index in [4.69, 9.17) is 9.31 Å². The van der Waals surface area contributed by atoms with Crippen LogP contribution in [0.4, 0.5) is 17.6 Å². The topological polar surface area (TPSA) is 18.5 Å². The van der Waals surface area contributed by atoms with Crippen molar-refractivity contribution in [1.82, 2.24) is 0 Å². The Morgan fingerprint density at radius 3 is 2.25 bits per heavy atom. The second-order valence-electron chi connectivity index (χ2n) is 6.94. The molecule has 1 heterocycles. The van der Waals surface area contributed by atoms with Gasteiger partial charge in [0.05, 0.1) is 16.8 Å². The molecule has 7 heteroatoms. The van der Waals surface area contributed by atoms with E-state index < -0.39 is 35.9 Å². The Morgan fingerprint density at radius 1 is 1.12 bits per heavy atom. The predicted molar refractivity (Wildman–Crippen MR) is 86.0 cm³/mol. The van der Waals surface area contributed by atoms with Crippen molar-refractivity contribution in [2.45, 2.75) is 57.8 Å². The maximum atomic E-state index is 14.0. The van der Waals surface area contributed by atoms with Crippen molar-refractivity contribution in [1.29, 1.82) is 0 Å². The number of halogens is 4. The average molecular weight is 344 g/mol. The molecule has 0 unspecified atom stereocenters. The molecule has 0 saturated carbocycles. The third-order valence-corrected chi connectivity index (χ3v) is 4.46. The zero-order valence-electron chi connectivity index (χ0n) is 14.2. The fraction of sp³-hybridized carbons (Fsp3) is 0.529. The van der Waals surface area contributed by atoms with Crippen molar-refractivity contribution in [2.75, 3.05) is 0 Å². The third-order valence-electron chi connectivity index (χ3n) is 4.46. The minimum atomic E-state index is -4.44. The molecule has 1 aliphatic rings. The first-order chi connectivity index (χ1) is 10.9. The zero-order valence-corrected chi connectivity index (χ0v) is 14.2. The van der Waals surface area contributed by atoms with Gasteiger partial charge < -0.3 is 9.31 Å². The van der Waals surface area contributed by atoms with Crippen LogP contribution in [-0.4, -0.2) is 18.3 Å². The minimum absolute atomic E-state index is 0.0348. The van der Waals surface area contributed by atoms with Crippen LogP contribution < -0.4 is 0 Å². The molecular formula is C17H21BF4O2. The van der Waals surface area contributed by atoms with E-state index in [1.807, 2.05) is 27.7 Å². The lowest BCUT2D eigenvalue weighted by atomic mass is 9.83. The maximum Gasteiger partial charge on any atom is 0.458 e. The second kappa shape index (κ2) is 6.52. The highest BCUT2D eigenvalue weighted by Crippen LogP contribution is 2.38. The van der Waals surface area contributed by atoms with E-state index in [0.717, 1.165) is 18.2 Å². The second-order valence-corrected chi connectivity index (χ2v) is 6.94. The summed E-state index contributed by atoms with van der Waals surface area (Å²) in [6.07, 6.45) is -3.00. The summed E-state index contributed by atoms with van der Waals surface area (Å²) in [5.74, 6) is -0.510. The monoisotopic (exact) mass is 344 g/mol. The number of alkyl halides is 3. The average Bonchev–Trinajstić information content (AvgIpc) is 2.64. The first kappa shape index (κ1) is 19.0. The Labute approximate surface area is 140 Å². The summed E-state index contributed by atoms with van der Waals surface area (Å²) in [6.45, 7) is 7.62. The fourth-order valence-electron chi connectivity index (χ4n) is 2.40. The quantitative estimate of drug-likeness (QED) is 0.531. The molecule has 1 aromatic rings. The molecule has 0 aliphatic carbocycles. The van der Waals surface area contributed by atoms with Gasteiger partial charge in [0.2, 0.25) is 0 Å². The van der Waals surface area contributed by atoms with Gasteiger partial charge in [-0.05, 0) is 64.2 Å². The van der Waals surface area contributed by atoms with E-state index in [1.54, 1.807) is 0 Å². The predicted octanol–water partition coefficient (Wildman–Crippen LogP) is 5.50. The molecule has 0 atom stereocenters. The molecule has 0 N–H and O–H groups in total. The van der Waals surface area contributed by atoms with Crippen LogP contribution in [0.2, 0.25) is 6.32 Å². The Bertz CT molecular complexity index is 607.